The molecule has 64 valence electrons. The van der Waals surface area contributed by atoms with E-state index in [1.54, 1.807) is 0 Å². The molecule has 1 nitrogen and oxygen atoms in total. The molecular weight excluding hydrogens is 146 g/mol. The fourth-order valence-corrected chi connectivity index (χ4v) is 1.92. The summed E-state index contributed by atoms with van der Waals surface area (Å²) in [5, 5.41) is 0. The van der Waals surface area contributed by atoms with Crippen LogP contribution in [0.2, 0.25) is 0 Å². The molecule has 0 fully saturated rings. The van der Waals surface area contributed by atoms with Gasteiger partial charge in [0.1, 0.15) is 0 Å². The van der Waals surface area contributed by atoms with E-state index in [1.165, 1.54) is 36.1 Å². The topological polar surface area (TPSA) is 12.9 Å². The van der Waals surface area contributed by atoms with Crippen molar-refractivity contribution in [3.8, 4) is 0 Å². The molecule has 1 atom stereocenters. The summed E-state index contributed by atoms with van der Waals surface area (Å²) < 4.78 is 0. The fourth-order valence-electron chi connectivity index (χ4n) is 1.92. The van der Waals surface area contributed by atoms with Crippen LogP contribution in [0.5, 0.6) is 0 Å². The summed E-state index contributed by atoms with van der Waals surface area (Å²) in [5.41, 5.74) is 4.11. The maximum Gasteiger partial charge on any atom is 0.0435 e. The lowest BCUT2D eigenvalue weighted by molar-refractivity contribution is 0.493. The van der Waals surface area contributed by atoms with Crippen molar-refractivity contribution >= 4 is 0 Å². The average Bonchev–Trinajstić information content (AvgIpc) is 2.03. The molecule has 2 rings (SSSR count). The number of rotatable bonds is 0. The number of aryl methyl sites for hydroxylation is 2. The zero-order chi connectivity index (χ0) is 8.55. The van der Waals surface area contributed by atoms with Gasteiger partial charge in [0.2, 0.25) is 0 Å². The Bertz CT molecular complexity index is 291. The molecule has 1 aromatic heterocycles. The van der Waals surface area contributed by atoms with Gasteiger partial charge in [-0.3, -0.25) is 4.98 Å². The highest BCUT2D eigenvalue weighted by Gasteiger charge is 2.15. The van der Waals surface area contributed by atoms with Crippen molar-refractivity contribution in [2.45, 2.75) is 33.1 Å². The van der Waals surface area contributed by atoms with Gasteiger partial charge in [0.05, 0.1) is 0 Å². The molecule has 1 aliphatic rings. The van der Waals surface area contributed by atoms with E-state index in [-0.39, 0.29) is 0 Å². The number of aromatic nitrogens is 1. The summed E-state index contributed by atoms with van der Waals surface area (Å²) in [6, 6.07) is 2.29. The molecule has 1 aliphatic carbocycles. The Morgan fingerprint density at radius 3 is 3.17 bits per heavy atom. The van der Waals surface area contributed by atoms with E-state index >= 15 is 0 Å². The van der Waals surface area contributed by atoms with E-state index in [1.807, 2.05) is 6.20 Å². The van der Waals surface area contributed by atoms with Crippen molar-refractivity contribution < 1.29 is 0 Å². The van der Waals surface area contributed by atoms with Crippen molar-refractivity contribution in [2.75, 3.05) is 0 Å². The first-order valence-corrected chi connectivity index (χ1v) is 4.70. The van der Waals surface area contributed by atoms with Crippen LogP contribution in [-0.4, -0.2) is 4.98 Å². The minimum atomic E-state index is 0.848. The second-order valence-corrected chi connectivity index (χ2v) is 3.97. The summed E-state index contributed by atoms with van der Waals surface area (Å²) in [6.45, 7) is 4.44. The van der Waals surface area contributed by atoms with Crippen LogP contribution in [-0.2, 0) is 12.8 Å². The van der Waals surface area contributed by atoms with E-state index in [2.05, 4.69) is 24.9 Å². The average molecular weight is 161 g/mol. The van der Waals surface area contributed by atoms with Gasteiger partial charge in [-0.05, 0) is 43.2 Å². The molecule has 12 heavy (non-hydrogen) atoms. The van der Waals surface area contributed by atoms with E-state index in [4.69, 9.17) is 0 Å². The molecule has 0 saturated carbocycles. The number of hydrogen-bond donors (Lipinski definition) is 0. The summed E-state index contributed by atoms with van der Waals surface area (Å²) >= 11 is 0. The van der Waals surface area contributed by atoms with Crippen molar-refractivity contribution in [3.63, 3.8) is 0 Å². The zero-order valence-electron chi connectivity index (χ0n) is 7.80. The van der Waals surface area contributed by atoms with Gasteiger partial charge >= 0.3 is 0 Å². The third-order valence-corrected chi connectivity index (χ3v) is 2.64. The van der Waals surface area contributed by atoms with Gasteiger partial charge < -0.3 is 0 Å². The molecule has 1 heteroatoms. The van der Waals surface area contributed by atoms with E-state index in [0.29, 0.717) is 0 Å². The van der Waals surface area contributed by atoms with Gasteiger partial charge in [0.15, 0.2) is 0 Å². The van der Waals surface area contributed by atoms with E-state index in [9.17, 15) is 0 Å². The van der Waals surface area contributed by atoms with Crippen LogP contribution in [0.15, 0.2) is 12.3 Å². The highest BCUT2D eigenvalue weighted by atomic mass is 14.7. The summed E-state index contributed by atoms with van der Waals surface area (Å²) in [6.07, 6.45) is 5.69. The van der Waals surface area contributed by atoms with Gasteiger partial charge in [-0.1, -0.05) is 13.0 Å². The molecule has 0 amide bonds. The second kappa shape index (κ2) is 2.89. The van der Waals surface area contributed by atoms with Gasteiger partial charge in [-0.15, -0.1) is 0 Å². The quantitative estimate of drug-likeness (QED) is 0.569. The lowest BCUT2D eigenvalue weighted by Crippen LogP contribution is -2.12. The van der Waals surface area contributed by atoms with Crippen LogP contribution in [0.4, 0.5) is 0 Å². The standard InChI is InChI=1S/C11H15N/c1-8-3-4-11-10(5-8)6-9(2)7-12-11/h6-8H,3-5H2,1-2H3. The number of pyridine rings is 1. The maximum absolute atomic E-state index is 4.45. The molecular formula is C11H15N. The number of hydrogen-bond acceptors (Lipinski definition) is 1. The Morgan fingerprint density at radius 1 is 1.50 bits per heavy atom. The molecule has 0 aliphatic heterocycles. The Kier molecular flexibility index (Phi) is 1.87. The van der Waals surface area contributed by atoms with E-state index < -0.39 is 0 Å². The number of nitrogens with zero attached hydrogens (tertiary/aromatic N) is 1. The minimum absolute atomic E-state index is 0.848. The molecule has 0 N–H and O–H groups in total. The maximum atomic E-state index is 4.45. The molecule has 0 radical (unpaired) electrons. The van der Waals surface area contributed by atoms with Crippen molar-refractivity contribution in [2.24, 2.45) is 5.92 Å². The van der Waals surface area contributed by atoms with E-state index in [0.717, 1.165) is 5.92 Å². The third kappa shape index (κ3) is 1.36. The van der Waals surface area contributed by atoms with Crippen LogP contribution in [0.25, 0.3) is 0 Å². The smallest absolute Gasteiger partial charge is 0.0435 e. The first kappa shape index (κ1) is 7.78. The Balaban J connectivity index is 2.37. The highest BCUT2D eigenvalue weighted by Crippen LogP contribution is 2.23. The van der Waals surface area contributed by atoms with Crippen LogP contribution in [0.1, 0.15) is 30.2 Å². The minimum Gasteiger partial charge on any atom is -0.261 e. The molecule has 1 heterocycles. The van der Waals surface area contributed by atoms with Gasteiger partial charge in [-0.2, -0.15) is 0 Å². The van der Waals surface area contributed by atoms with Gasteiger partial charge in [0.25, 0.3) is 0 Å². The van der Waals surface area contributed by atoms with Crippen LogP contribution < -0.4 is 0 Å². The highest BCUT2D eigenvalue weighted by molar-refractivity contribution is 5.27. The first-order chi connectivity index (χ1) is 5.75. The molecule has 0 bridgehead atoms. The summed E-state index contributed by atoms with van der Waals surface area (Å²) in [4.78, 5) is 4.45. The molecule has 0 saturated heterocycles. The lowest BCUT2D eigenvalue weighted by atomic mass is 9.87. The van der Waals surface area contributed by atoms with Gasteiger partial charge in [-0.25, -0.2) is 0 Å². The Morgan fingerprint density at radius 2 is 2.33 bits per heavy atom. The van der Waals surface area contributed by atoms with Crippen LogP contribution in [0, 0.1) is 12.8 Å². The van der Waals surface area contributed by atoms with Crippen LogP contribution >= 0.6 is 0 Å². The zero-order valence-corrected chi connectivity index (χ0v) is 7.80. The second-order valence-electron chi connectivity index (χ2n) is 3.97. The molecule has 1 unspecified atom stereocenters. The predicted octanol–water partition coefficient (Wildman–Crippen LogP) is 2.51. The summed E-state index contributed by atoms with van der Waals surface area (Å²) in [5.74, 6) is 0.848. The normalized spacial score (nSPS) is 22.0. The molecule has 1 aromatic rings. The predicted molar refractivity (Wildman–Crippen MR) is 50.2 cm³/mol. The largest absolute Gasteiger partial charge is 0.261 e. The molecule has 0 aromatic carbocycles. The van der Waals surface area contributed by atoms with Gasteiger partial charge in [0, 0.05) is 11.9 Å². The first-order valence-electron chi connectivity index (χ1n) is 4.70. The SMILES string of the molecule is Cc1cnc2c(c1)CC(C)CC2. The monoisotopic (exact) mass is 161 g/mol. The van der Waals surface area contributed by atoms with Crippen molar-refractivity contribution in [1.82, 2.24) is 4.98 Å². The lowest BCUT2D eigenvalue weighted by Gasteiger charge is -2.20. The van der Waals surface area contributed by atoms with Crippen molar-refractivity contribution in [3.05, 3.63) is 29.1 Å². The number of fused-ring (bicyclic) bond motifs is 1. The molecule has 0 spiro atoms. The third-order valence-electron chi connectivity index (χ3n) is 2.64. The van der Waals surface area contributed by atoms with Crippen molar-refractivity contribution in [1.29, 1.82) is 0 Å². The summed E-state index contributed by atoms with van der Waals surface area (Å²) in [7, 11) is 0. The fraction of sp³-hybridized carbons (Fsp3) is 0.545. The Hall–Kier alpha value is -0.850. The van der Waals surface area contributed by atoms with Crippen LogP contribution in [0.3, 0.4) is 0 Å². The Labute approximate surface area is 73.8 Å².